The number of rotatable bonds is 7. The maximum absolute atomic E-state index is 12.3. The van der Waals surface area contributed by atoms with Crippen LogP contribution in [0, 0.1) is 0 Å². The van der Waals surface area contributed by atoms with Gasteiger partial charge in [0.2, 0.25) is 0 Å². The molecule has 0 radical (unpaired) electrons. The third-order valence-electron chi connectivity index (χ3n) is 6.24. The van der Waals surface area contributed by atoms with E-state index in [0.717, 1.165) is 40.6 Å². The van der Waals surface area contributed by atoms with Gasteiger partial charge in [-0.25, -0.2) is 19.9 Å². The van der Waals surface area contributed by atoms with Crippen molar-refractivity contribution >= 4 is 22.6 Å². The Morgan fingerprint density at radius 3 is 2.65 bits per heavy atom. The number of carbonyl (C=O) groups excluding carboxylic acids is 1. The molecule has 5 rings (SSSR count). The number of aromatic nitrogens is 5. The van der Waals surface area contributed by atoms with Crippen LogP contribution in [0.5, 0.6) is 0 Å². The number of anilines is 1. The van der Waals surface area contributed by atoms with Crippen LogP contribution in [0.2, 0.25) is 0 Å². The first kappa shape index (κ1) is 21.8. The van der Waals surface area contributed by atoms with Crippen LogP contribution < -0.4 is 16.4 Å². The summed E-state index contributed by atoms with van der Waals surface area (Å²) in [6.07, 6.45) is 8.56. The number of pyridine rings is 1. The predicted molar refractivity (Wildman–Crippen MR) is 130 cm³/mol. The van der Waals surface area contributed by atoms with Crippen LogP contribution in [-0.2, 0) is 5.54 Å². The van der Waals surface area contributed by atoms with Gasteiger partial charge in [-0.2, -0.15) is 0 Å². The zero-order valence-corrected chi connectivity index (χ0v) is 19.1. The molecule has 3 heterocycles. The number of nitrogens with one attached hydrogen (secondary N) is 2. The quantitative estimate of drug-likeness (QED) is 0.388. The predicted octanol–water partition coefficient (Wildman–Crippen LogP) is 3.00. The second kappa shape index (κ2) is 8.75. The molecule has 0 bridgehead atoms. The van der Waals surface area contributed by atoms with Gasteiger partial charge < -0.3 is 16.4 Å². The molecule has 1 aromatic carbocycles. The van der Waals surface area contributed by atoms with Gasteiger partial charge in [-0.05, 0) is 24.5 Å². The summed E-state index contributed by atoms with van der Waals surface area (Å²) in [4.78, 5) is 34.4. The Labute approximate surface area is 197 Å². The fraction of sp³-hybridized carbons (Fsp3) is 0.280. The lowest BCUT2D eigenvalue weighted by Crippen LogP contribution is -2.21. The normalized spacial score (nSPS) is 15.0. The maximum atomic E-state index is 12.3. The number of hydrogen-bond acceptors (Lipinski definition) is 8. The summed E-state index contributed by atoms with van der Waals surface area (Å²) >= 11 is 0. The molecular formula is C25H26N8O. The van der Waals surface area contributed by atoms with Crippen LogP contribution in [0.15, 0.2) is 55.2 Å². The summed E-state index contributed by atoms with van der Waals surface area (Å²) in [5.74, 6) is 1.38. The van der Waals surface area contributed by atoms with Crippen LogP contribution in [0.4, 0.5) is 5.82 Å². The summed E-state index contributed by atoms with van der Waals surface area (Å²) < 4.78 is 0. The Morgan fingerprint density at radius 1 is 1.12 bits per heavy atom. The van der Waals surface area contributed by atoms with Gasteiger partial charge in [-0.1, -0.05) is 25.1 Å². The Morgan fingerprint density at radius 2 is 1.91 bits per heavy atom. The second-order valence-corrected chi connectivity index (χ2v) is 8.70. The molecule has 9 nitrogen and oxygen atoms in total. The molecule has 0 aliphatic heterocycles. The highest BCUT2D eigenvalue weighted by Gasteiger charge is 2.42. The zero-order chi connectivity index (χ0) is 23.7. The fourth-order valence-corrected chi connectivity index (χ4v) is 3.98. The summed E-state index contributed by atoms with van der Waals surface area (Å²) in [6.45, 7) is 2.75. The summed E-state index contributed by atoms with van der Waals surface area (Å²) in [5.41, 5.74) is 9.87. The van der Waals surface area contributed by atoms with E-state index in [1.165, 1.54) is 6.33 Å². The minimum atomic E-state index is -0.357. The highest BCUT2D eigenvalue weighted by Crippen LogP contribution is 2.40. The lowest BCUT2D eigenvalue weighted by atomic mass is 9.96. The number of nitrogens with two attached hydrogens (primary N) is 1. The number of para-hydroxylation sites is 1. The number of carbonyl (C=O) groups is 1. The minimum Gasteiger partial charge on any atom is -0.369 e. The van der Waals surface area contributed by atoms with Crippen molar-refractivity contribution in [2.75, 3.05) is 18.9 Å². The second-order valence-electron chi connectivity index (χ2n) is 8.70. The van der Waals surface area contributed by atoms with Crippen molar-refractivity contribution in [1.29, 1.82) is 0 Å². The smallest absolute Gasteiger partial charge is 0.251 e. The van der Waals surface area contributed by atoms with E-state index in [4.69, 9.17) is 5.73 Å². The first-order valence-electron chi connectivity index (χ1n) is 11.3. The van der Waals surface area contributed by atoms with E-state index in [2.05, 4.69) is 42.5 Å². The molecule has 1 aliphatic carbocycles. The molecule has 1 saturated carbocycles. The average molecular weight is 455 g/mol. The highest BCUT2D eigenvalue weighted by atomic mass is 16.1. The van der Waals surface area contributed by atoms with E-state index in [9.17, 15) is 4.79 Å². The molecule has 1 fully saturated rings. The third kappa shape index (κ3) is 4.17. The van der Waals surface area contributed by atoms with Crippen molar-refractivity contribution in [2.45, 2.75) is 31.2 Å². The lowest BCUT2D eigenvalue weighted by molar-refractivity contribution is 0.0964. The van der Waals surface area contributed by atoms with E-state index in [1.54, 1.807) is 31.7 Å². The number of nitrogens with zero attached hydrogens (tertiary/aromatic N) is 5. The number of amides is 1. The molecule has 0 spiro atoms. The first-order valence-corrected chi connectivity index (χ1v) is 11.3. The summed E-state index contributed by atoms with van der Waals surface area (Å²) in [6, 6.07) is 9.55. The Kier molecular flexibility index (Phi) is 5.62. The van der Waals surface area contributed by atoms with Gasteiger partial charge in [0, 0.05) is 55.1 Å². The molecule has 34 heavy (non-hydrogen) atoms. The van der Waals surface area contributed by atoms with Crippen molar-refractivity contribution < 1.29 is 4.79 Å². The monoisotopic (exact) mass is 454 g/mol. The number of hydrogen-bond donors (Lipinski definition) is 3. The van der Waals surface area contributed by atoms with Gasteiger partial charge in [0.05, 0.1) is 22.3 Å². The van der Waals surface area contributed by atoms with Crippen molar-refractivity contribution in [2.24, 2.45) is 5.73 Å². The average Bonchev–Trinajstić information content (AvgIpc) is 3.64. The molecule has 4 N–H and O–H groups in total. The van der Waals surface area contributed by atoms with Crippen LogP contribution in [-0.4, -0.2) is 44.4 Å². The van der Waals surface area contributed by atoms with Crippen molar-refractivity contribution in [1.82, 2.24) is 30.2 Å². The van der Waals surface area contributed by atoms with E-state index in [0.29, 0.717) is 23.8 Å². The van der Waals surface area contributed by atoms with Gasteiger partial charge in [0.25, 0.3) is 5.91 Å². The van der Waals surface area contributed by atoms with Gasteiger partial charge in [0.15, 0.2) is 0 Å². The Balaban J connectivity index is 1.33. The summed E-state index contributed by atoms with van der Waals surface area (Å²) in [7, 11) is 1.63. The van der Waals surface area contributed by atoms with Crippen LogP contribution in [0.3, 0.4) is 0 Å². The molecular weight excluding hydrogens is 428 g/mol. The Bertz CT molecular complexity index is 1350. The van der Waals surface area contributed by atoms with Crippen LogP contribution in [0.25, 0.3) is 22.2 Å². The molecule has 0 unspecified atom stereocenters. The highest BCUT2D eigenvalue weighted by molar-refractivity contribution is 6.06. The standard InChI is InChI=1S/C25H26N8O/c1-15(17-4-3-5-18-19(23(34)27-2)6-9-28-22(17)18)11-29-21-10-20(32-14-33-21)16-12-30-24(31-13-16)25(26)7-8-25/h3-6,9-10,12-15H,7-8,11,26H2,1-2H3,(H,27,34)(H,29,32,33)/t15-/m1/s1. The van der Waals surface area contributed by atoms with Crippen molar-refractivity contribution in [3.8, 4) is 11.3 Å². The number of benzene rings is 1. The van der Waals surface area contributed by atoms with E-state index >= 15 is 0 Å². The molecule has 172 valence electrons. The molecule has 1 atom stereocenters. The number of fused-ring (bicyclic) bond motifs is 1. The summed E-state index contributed by atoms with van der Waals surface area (Å²) in [5, 5.41) is 6.92. The van der Waals surface area contributed by atoms with Gasteiger partial charge in [0.1, 0.15) is 18.0 Å². The molecule has 1 amide bonds. The lowest BCUT2D eigenvalue weighted by Gasteiger charge is -2.16. The van der Waals surface area contributed by atoms with Crippen LogP contribution in [0.1, 0.15) is 47.4 Å². The minimum absolute atomic E-state index is 0.122. The van der Waals surface area contributed by atoms with Crippen molar-refractivity contribution in [3.63, 3.8) is 0 Å². The van der Waals surface area contributed by atoms with Gasteiger partial charge in [-0.15, -0.1) is 0 Å². The molecule has 1 aliphatic rings. The largest absolute Gasteiger partial charge is 0.369 e. The van der Waals surface area contributed by atoms with E-state index in [1.807, 2.05) is 24.3 Å². The van der Waals surface area contributed by atoms with Gasteiger partial charge >= 0.3 is 0 Å². The topological polar surface area (TPSA) is 132 Å². The molecule has 9 heteroatoms. The fourth-order valence-electron chi connectivity index (χ4n) is 3.98. The third-order valence-corrected chi connectivity index (χ3v) is 6.24. The molecule has 3 aromatic heterocycles. The zero-order valence-electron chi connectivity index (χ0n) is 19.1. The molecule has 4 aromatic rings. The maximum Gasteiger partial charge on any atom is 0.251 e. The van der Waals surface area contributed by atoms with Crippen molar-refractivity contribution in [3.05, 3.63) is 72.2 Å². The van der Waals surface area contributed by atoms with Gasteiger partial charge in [-0.3, -0.25) is 9.78 Å². The Hall–Kier alpha value is -3.98. The molecule has 0 saturated heterocycles. The van der Waals surface area contributed by atoms with E-state index in [-0.39, 0.29) is 17.4 Å². The van der Waals surface area contributed by atoms with Crippen LogP contribution >= 0.6 is 0 Å². The SMILES string of the molecule is CNC(=O)c1ccnc2c([C@H](C)CNc3cc(-c4cnc(C5(N)CC5)nc4)ncn3)cccc12. The first-order chi connectivity index (χ1) is 16.5. The van der Waals surface area contributed by atoms with E-state index < -0.39 is 0 Å².